The smallest absolute Gasteiger partial charge is 0.0859 e. The van der Waals surface area contributed by atoms with E-state index in [1.807, 2.05) is 4.68 Å². The lowest BCUT2D eigenvalue weighted by Crippen LogP contribution is -2.26. The van der Waals surface area contributed by atoms with Gasteiger partial charge in [0.25, 0.3) is 0 Å². The summed E-state index contributed by atoms with van der Waals surface area (Å²) < 4.78 is 7.11. The lowest BCUT2D eigenvalue weighted by molar-refractivity contribution is 0.182. The van der Waals surface area contributed by atoms with Crippen LogP contribution in [0.2, 0.25) is 5.02 Å². The summed E-state index contributed by atoms with van der Waals surface area (Å²) in [6.07, 6.45) is 2.79. The molecule has 0 saturated heterocycles. The van der Waals surface area contributed by atoms with Gasteiger partial charge in [-0.05, 0) is 36.9 Å². The summed E-state index contributed by atoms with van der Waals surface area (Å²) in [5.74, 6) is 0. The van der Waals surface area contributed by atoms with Gasteiger partial charge in [0.15, 0.2) is 0 Å². The highest BCUT2D eigenvalue weighted by molar-refractivity contribution is 7.10. The van der Waals surface area contributed by atoms with Gasteiger partial charge in [0.05, 0.1) is 36.1 Å². The monoisotopic (exact) mass is 327 g/mol. The molecule has 6 heteroatoms. The first-order chi connectivity index (χ1) is 10.2. The quantitative estimate of drug-likeness (QED) is 0.804. The number of nitrogens with one attached hydrogen (secondary N) is 1. The highest BCUT2D eigenvalue weighted by Crippen LogP contribution is 2.33. The summed E-state index contributed by atoms with van der Waals surface area (Å²) in [6.45, 7) is 6.56. The summed E-state index contributed by atoms with van der Waals surface area (Å²) in [5.41, 5.74) is 2.30. The van der Waals surface area contributed by atoms with E-state index in [1.54, 1.807) is 24.6 Å². The van der Waals surface area contributed by atoms with Gasteiger partial charge in [-0.1, -0.05) is 18.5 Å². The third kappa shape index (κ3) is 3.86. The van der Waals surface area contributed by atoms with Crippen LogP contribution in [0.25, 0.3) is 0 Å². The second kappa shape index (κ2) is 7.94. The molecular formula is C15H22ClN3OS. The van der Waals surface area contributed by atoms with E-state index >= 15 is 0 Å². The van der Waals surface area contributed by atoms with Gasteiger partial charge in [-0.15, -0.1) is 11.3 Å². The topological polar surface area (TPSA) is 39.1 Å². The van der Waals surface area contributed by atoms with E-state index in [0.29, 0.717) is 18.2 Å². The second-order valence-corrected chi connectivity index (χ2v) is 6.30. The third-order valence-electron chi connectivity index (χ3n) is 3.38. The van der Waals surface area contributed by atoms with Crippen molar-refractivity contribution in [3.63, 3.8) is 0 Å². The normalized spacial score (nSPS) is 12.8. The zero-order valence-corrected chi connectivity index (χ0v) is 14.3. The number of ether oxygens (including phenoxy) is 1. The molecule has 0 aromatic carbocycles. The molecule has 1 N–H and O–H groups in total. The van der Waals surface area contributed by atoms with Gasteiger partial charge < -0.3 is 10.1 Å². The van der Waals surface area contributed by atoms with Gasteiger partial charge in [-0.2, -0.15) is 5.10 Å². The minimum absolute atomic E-state index is 0.0804. The standard InChI is InChI=1S/C15H22ClN3OS/c1-4-6-17-13(15-11(2)5-9-21-15)14-12(16)10-18-19(14)7-8-20-3/h5,9-10,13,17H,4,6-8H2,1-3H3. The van der Waals surface area contributed by atoms with Crippen molar-refractivity contribution < 1.29 is 4.74 Å². The van der Waals surface area contributed by atoms with Crippen molar-refractivity contribution in [2.75, 3.05) is 20.3 Å². The van der Waals surface area contributed by atoms with Gasteiger partial charge in [-0.25, -0.2) is 0 Å². The number of nitrogens with zero attached hydrogens (tertiary/aromatic N) is 2. The summed E-state index contributed by atoms with van der Waals surface area (Å²) >= 11 is 8.16. The minimum Gasteiger partial charge on any atom is -0.383 e. The van der Waals surface area contributed by atoms with Gasteiger partial charge in [-0.3, -0.25) is 4.68 Å². The Morgan fingerprint density at radius 1 is 1.52 bits per heavy atom. The fourth-order valence-corrected chi connectivity index (χ4v) is 3.55. The molecule has 2 heterocycles. The third-order valence-corrected chi connectivity index (χ3v) is 4.75. The van der Waals surface area contributed by atoms with E-state index in [1.165, 1.54) is 10.4 Å². The molecule has 0 fully saturated rings. The Morgan fingerprint density at radius 2 is 2.33 bits per heavy atom. The van der Waals surface area contributed by atoms with E-state index in [0.717, 1.165) is 18.7 Å². The predicted molar refractivity (Wildman–Crippen MR) is 88.3 cm³/mol. The molecule has 2 aromatic rings. The second-order valence-electron chi connectivity index (χ2n) is 4.95. The van der Waals surface area contributed by atoms with Crippen LogP contribution in [0.5, 0.6) is 0 Å². The molecule has 0 amide bonds. The fraction of sp³-hybridized carbons (Fsp3) is 0.533. The highest BCUT2D eigenvalue weighted by atomic mass is 35.5. The summed E-state index contributed by atoms with van der Waals surface area (Å²) in [4.78, 5) is 1.30. The number of aromatic nitrogens is 2. The average molecular weight is 328 g/mol. The highest BCUT2D eigenvalue weighted by Gasteiger charge is 2.24. The number of halogens is 1. The van der Waals surface area contributed by atoms with Gasteiger partial charge in [0, 0.05) is 12.0 Å². The number of hydrogen-bond acceptors (Lipinski definition) is 4. The minimum atomic E-state index is 0.0804. The maximum atomic E-state index is 6.41. The molecule has 0 radical (unpaired) electrons. The molecule has 0 bridgehead atoms. The van der Waals surface area contributed by atoms with Crippen LogP contribution in [-0.2, 0) is 11.3 Å². The van der Waals surface area contributed by atoms with Crippen LogP contribution in [0.1, 0.15) is 35.5 Å². The lowest BCUT2D eigenvalue weighted by Gasteiger charge is -2.20. The number of aryl methyl sites for hydroxylation is 1. The van der Waals surface area contributed by atoms with Crippen molar-refractivity contribution in [3.05, 3.63) is 38.8 Å². The molecule has 2 aromatic heterocycles. The van der Waals surface area contributed by atoms with Crippen molar-refractivity contribution in [1.82, 2.24) is 15.1 Å². The zero-order chi connectivity index (χ0) is 15.2. The molecule has 21 heavy (non-hydrogen) atoms. The van der Waals surface area contributed by atoms with E-state index in [4.69, 9.17) is 16.3 Å². The molecular weight excluding hydrogens is 306 g/mol. The Morgan fingerprint density at radius 3 is 2.95 bits per heavy atom. The molecule has 0 saturated carbocycles. The van der Waals surface area contributed by atoms with Crippen LogP contribution in [0.15, 0.2) is 17.6 Å². The molecule has 2 rings (SSSR count). The maximum Gasteiger partial charge on any atom is 0.0859 e. The van der Waals surface area contributed by atoms with Gasteiger partial charge in [0.2, 0.25) is 0 Å². The summed E-state index contributed by atoms with van der Waals surface area (Å²) in [5, 5.41) is 10.8. The maximum absolute atomic E-state index is 6.41. The Labute approximate surface area is 135 Å². The van der Waals surface area contributed by atoms with Crippen molar-refractivity contribution in [2.24, 2.45) is 0 Å². The number of hydrogen-bond donors (Lipinski definition) is 1. The Bertz CT molecular complexity index is 567. The van der Waals surface area contributed by atoms with Crippen LogP contribution in [0, 0.1) is 6.92 Å². The first-order valence-electron chi connectivity index (χ1n) is 7.16. The van der Waals surface area contributed by atoms with Crippen LogP contribution in [-0.4, -0.2) is 30.0 Å². The van der Waals surface area contributed by atoms with E-state index in [9.17, 15) is 0 Å². The zero-order valence-electron chi connectivity index (χ0n) is 12.7. The van der Waals surface area contributed by atoms with Gasteiger partial charge >= 0.3 is 0 Å². The Hall–Kier alpha value is -0.880. The predicted octanol–water partition coefficient (Wildman–Crippen LogP) is 3.64. The average Bonchev–Trinajstić information content (AvgIpc) is 3.05. The van der Waals surface area contributed by atoms with Crippen molar-refractivity contribution >= 4 is 22.9 Å². The molecule has 116 valence electrons. The van der Waals surface area contributed by atoms with Crippen molar-refractivity contribution in [1.29, 1.82) is 0 Å². The first kappa shape index (κ1) is 16.5. The molecule has 0 spiro atoms. The molecule has 0 aliphatic rings. The fourth-order valence-electron chi connectivity index (χ4n) is 2.30. The number of methoxy groups -OCH3 is 1. The lowest BCUT2D eigenvalue weighted by atomic mass is 10.1. The van der Waals surface area contributed by atoms with Gasteiger partial charge in [0.1, 0.15) is 0 Å². The number of thiophene rings is 1. The largest absolute Gasteiger partial charge is 0.383 e. The molecule has 4 nitrogen and oxygen atoms in total. The SMILES string of the molecule is CCCNC(c1sccc1C)c1c(Cl)cnn1CCOC. The van der Waals surface area contributed by atoms with Crippen molar-refractivity contribution in [2.45, 2.75) is 32.9 Å². The molecule has 0 aliphatic heterocycles. The summed E-state index contributed by atoms with van der Waals surface area (Å²) in [7, 11) is 1.70. The molecule has 1 unspecified atom stereocenters. The number of rotatable bonds is 8. The van der Waals surface area contributed by atoms with Crippen LogP contribution < -0.4 is 5.32 Å². The Kier molecular flexibility index (Phi) is 6.23. The van der Waals surface area contributed by atoms with Crippen molar-refractivity contribution in [3.8, 4) is 0 Å². The molecule has 1 atom stereocenters. The molecule has 0 aliphatic carbocycles. The first-order valence-corrected chi connectivity index (χ1v) is 8.42. The van der Waals surface area contributed by atoms with Crippen LogP contribution in [0.3, 0.4) is 0 Å². The van der Waals surface area contributed by atoms with E-state index in [2.05, 4.69) is 35.7 Å². The Balaban J connectivity index is 2.36. The van der Waals surface area contributed by atoms with Crippen LogP contribution >= 0.6 is 22.9 Å². The van der Waals surface area contributed by atoms with Crippen LogP contribution in [0.4, 0.5) is 0 Å². The van der Waals surface area contributed by atoms with E-state index < -0.39 is 0 Å². The van der Waals surface area contributed by atoms with E-state index in [-0.39, 0.29) is 6.04 Å². The summed E-state index contributed by atoms with van der Waals surface area (Å²) in [6, 6.07) is 2.22.